The summed E-state index contributed by atoms with van der Waals surface area (Å²) in [5.74, 6) is 1.06. The van der Waals surface area contributed by atoms with Crippen molar-refractivity contribution >= 4 is 11.9 Å². The monoisotopic (exact) mass is 554 g/mol. The highest BCUT2D eigenvalue weighted by atomic mass is 16.6. The van der Waals surface area contributed by atoms with Crippen LogP contribution in [0.5, 0.6) is 0 Å². The number of aliphatic hydroxyl groups excluding tert-OH is 1. The maximum absolute atomic E-state index is 11.9. The van der Waals surface area contributed by atoms with Crippen molar-refractivity contribution < 1.29 is 24.2 Å². The summed E-state index contributed by atoms with van der Waals surface area (Å²) >= 11 is 0. The zero-order valence-corrected chi connectivity index (χ0v) is 26.5. The number of carbonyl (C=O) groups is 2. The summed E-state index contributed by atoms with van der Waals surface area (Å²) in [4.78, 5) is 23.7. The van der Waals surface area contributed by atoms with Crippen LogP contribution in [-0.2, 0) is 19.1 Å². The van der Waals surface area contributed by atoms with Crippen molar-refractivity contribution in [1.29, 1.82) is 0 Å². The molecule has 0 fully saturated rings. The minimum atomic E-state index is -0.955. The van der Waals surface area contributed by atoms with E-state index in [-0.39, 0.29) is 25.2 Å². The first-order chi connectivity index (χ1) is 18.8. The van der Waals surface area contributed by atoms with Crippen LogP contribution in [0.2, 0.25) is 0 Å². The fraction of sp³-hybridized carbons (Fsp3) is 0.941. The van der Waals surface area contributed by atoms with Gasteiger partial charge in [-0.05, 0) is 24.7 Å². The van der Waals surface area contributed by atoms with Gasteiger partial charge in [-0.1, -0.05) is 150 Å². The van der Waals surface area contributed by atoms with Crippen LogP contribution in [0.15, 0.2) is 0 Å². The lowest BCUT2D eigenvalue weighted by molar-refractivity contribution is -0.152. The number of unbranched alkanes of at least 4 members (excludes halogenated alkanes) is 17. The summed E-state index contributed by atoms with van der Waals surface area (Å²) in [5.41, 5.74) is 0. The Labute approximate surface area is 242 Å². The Balaban J connectivity index is 3.40. The fourth-order valence-electron chi connectivity index (χ4n) is 4.87. The zero-order chi connectivity index (χ0) is 29.0. The van der Waals surface area contributed by atoms with E-state index >= 15 is 0 Å². The van der Waals surface area contributed by atoms with Gasteiger partial charge in [-0.15, -0.1) is 0 Å². The van der Waals surface area contributed by atoms with Crippen molar-refractivity contribution in [2.75, 3.05) is 13.2 Å². The van der Waals surface area contributed by atoms with Gasteiger partial charge in [-0.25, -0.2) is 0 Å². The van der Waals surface area contributed by atoms with Gasteiger partial charge in [0.2, 0.25) is 0 Å². The highest BCUT2D eigenvalue weighted by Crippen LogP contribution is 2.15. The second-order valence-corrected chi connectivity index (χ2v) is 12.6. The molecule has 0 aromatic rings. The summed E-state index contributed by atoms with van der Waals surface area (Å²) in [6.07, 6.45) is 25.9. The van der Waals surface area contributed by atoms with Gasteiger partial charge in [0.05, 0.1) is 0 Å². The highest BCUT2D eigenvalue weighted by molar-refractivity contribution is 5.69. The lowest BCUT2D eigenvalue weighted by atomic mass is 10.0. The lowest BCUT2D eigenvalue weighted by Crippen LogP contribution is -2.25. The Kier molecular flexibility index (Phi) is 27.6. The van der Waals surface area contributed by atoms with Crippen LogP contribution in [0.4, 0.5) is 0 Å². The molecule has 0 bridgehead atoms. The van der Waals surface area contributed by atoms with E-state index in [0.717, 1.165) is 43.9 Å². The number of carbonyl (C=O) groups excluding carboxylic acids is 2. The third-order valence-corrected chi connectivity index (χ3v) is 7.45. The van der Waals surface area contributed by atoms with Crippen LogP contribution >= 0.6 is 0 Å². The van der Waals surface area contributed by atoms with Gasteiger partial charge in [0.25, 0.3) is 0 Å². The van der Waals surface area contributed by atoms with Crippen LogP contribution in [0.3, 0.4) is 0 Å². The van der Waals surface area contributed by atoms with Crippen LogP contribution < -0.4 is 0 Å². The van der Waals surface area contributed by atoms with E-state index in [1.165, 1.54) is 103 Å². The Hall–Kier alpha value is -1.10. The number of rotatable bonds is 29. The molecular weight excluding hydrogens is 488 g/mol. The molecule has 0 aromatic carbocycles. The average molecular weight is 555 g/mol. The topological polar surface area (TPSA) is 72.8 Å². The van der Waals surface area contributed by atoms with Gasteiger partial charge in [-0.3, -0.25) is 9.59 Å². The van der Waals surface area contributed by atoms with E-state index in [2.05, 4.69) is 27.7 Å². The van der Waals surface area contributed by atoms with E-state index in [9.17, 15) is 14.7 Å². The van der Waals surface area contributed by atoms with Gasteiger partial charge >= 0.3 is 11.9 Å². The summed E-state index contributed by atoms with van der Waals surface area (Å²) in [6.45, 7) is 8.91. The Morgan fingerprint density at radius 2 is 0.718 bits per heavy atom. The molecule has 1 atom stereocenters. The molecule has 1 N–H and O–H groups in total. The van der Waals surface area contributed by atoms with Gasteiger partial charge < -0.3 is 14.6 Å². The minimum Gasteiger partial charge on any atom is -0.463 e. The van der Waals surface area contributed by atoms with Crippen molar-refractivity contribution in [3.05, 3.63) is 0 Å². The molecule has 232 valence electrons. The molecule has 39 heavy (non-hydrogen) atoms. The molecule has 0 radical (unpaired) electrons. The highest BCUT2D eigenvalue weighted by Gasteiger charge is 2.12. The maximum Gasteiger partial charge on any atom is 0.305 e. The van der Waals surface area contributed by atoms with Crippen LogP contribution in [0.1, 0.15) is 175 Å². The summed E-state index contributed by atoms with van der Waals surface area (Å²) in [5, 5.41) is 9.94. The molecule has 0 aliphatic rings. The standard InChI is InChI=1S/C34H66O5/c1-30(2)24-20-16-12-10-8-6-5-7-9-11-13-18-22-26-33(36)38-28-32(35)29-39-34(37)27-23-19-15-14-17-21-25-31(3)4/h30-32,35H,5-29H2,1-4H3/t32-/m1/s1. The normalized spacial score (nSPS) is 12.3. The Bertz CT molecular complexity index is 546. The predicted molar refractivity (Wildman–Crippen MR) is 164 cm³/mol. The van der Waals surface area contributed by atoms with Crippen molar-refractivity contribution in [1.82, 2.24) is 0 Å². The van der Waals surface area contributed by atoms with Gasteiger partial charge in [0, 0.05) is 12.8 Å². The molecule has 0 unspecified atom stereocenters. The molecule has 0 spiro atoms. The largest absolute Gasteiger partial charge is 0.463 e. The summed E-state index contributed by atoms with van der Waals surface area (Å²) in [7, 11) is 0. The van der Waals surface area contributed by atoms with Crippen LogP contribution in [-0.4, -0.2) is 36.4 Å². The SMILES string of the molecule is CC(C)CCCCCCCCCCCCCCCC(=O)OC[C@@H](O)COC(=O)CCCCCCCCC(C)C. The second kappa shape index (κ2) is 28.4. The first-order valence-corrected chi connectivity index (χ1v) is 16.8. The number of aliphatic hydroxyl groups is 1. The van der Waals surface area contributed by atoms with Crippen molar-refractivity contribution in [3.8, 4) is 0 Å². The third kappa shape index (κ3) is 31.3. The second-order valence-electron chi connectivity index (χ2n) is 12.6. The summed E-state index contributed by atoms with van der Waals surface area (Å²) < 4.78 is 10.3. The van der Waals surface area contributed by atoms with E-state index in [4.69, 9.17) is 9.47 Å². The number of hydrogen-bond acceptors (Lipinski definition) is 5. The van der Waals surface area contributed by atoms with E-state index in [0.29, 0.717) is 12.8 Å². The van der Waals surface area contributed by atoms with Crippen molar-refractivity contribution in [3.63, 3.8) is 0 Å². The lowest BCUT2D eigenvalue weighted by Gasteiger charge is -2.12. The number of hydrogen-bond donors (Lipinski definition) is 1. The molecule has 0 aliphatic carbocycles. The quantitative estimate of drug-likeness (QED) is 0.0736. The first-order valence-electron chi connectivity index (χ1n) is 16.8. The summed E-state index contributed by atoms with van der Waals surface area (Å²) in [6, 6.07) is 0. The molecule has 0 rings (SSSR count). The van der Waals surface area contributed by atoms with E-state index in [1.54, 1.807) is 0 Å². The average Bonchev–Trinajstić information content (AvgIpc) is 2.89. The molecule has 0 saturated heterocycles. The van der Waals surface area contributed by atoms with Crippen molar-refractivity contribution in [2.24, 2.45) is 11.8 Å². The molecule has 0 saturated carbocycles. The minimum absolute atomic E-state index is 0.111. The predicted octanol–water partition coefficient (Wildman–Crippen LogP) is 9.72. The smallest absolute Gasteiger partial charge is 0.305 e. The number of ether oxygens (including phenoxy) is 2. The van der Waals surface area contributed by atoms with Gasteiger partial charge in [0.15, 0.2) is 0 Å². The van der Waals surface area contributed by atoms with Gasteiger partial charge in [0.1, 0.15) is 19.3 Å². The molecule has 0 aliphatic heterocycles. The molecule has 5 nitrogen and oxygen atoms in total. The Morgan fingerprint density at radius 1 is 0.462 bits per heavy atom. The molecule has 0 heterocycles. The van der Waals surface area contributed by atoms with Crippen LogP contribution in [0, 0.1) is 11.8 Å². The first kappa shape index (κ1) is 37.9. The van der Waals surface area contributed by atoms with Gasteiger partial charge in [-0.2, -0.15) is 0 Å². The van der Waals surface area contributed by atoms with E-state index in [1.807, 2.05) is 0 Å². The van der Waals surface area contributed by atoms with Crippen molar-refractivity contribution in [2.45, 2.75) is 181 Å². The molecule has 5 heteroatoms. The maximum atomic E-state index is 11.9. The fourth-order valence-corrected chi connectivity index (χ4v) is 4.87. The number of esters is 2. The molecule has 0 amide bonds. The third-order valence-electron chi connectivity index (χ3n) is 7.45. The molecule has 0 aromatic heterocycles. The van der Waals surface area contributed by atoms with Crippen LogP contribution in [0.25, 0.3) is 0 Å². The molecular formula is C34H66O5. The Morgan fingerprint density at radius 3 is 1.00 bits per heavy atom. The zero-order valence-electron chi connectivity index (χ0n) is 26.5. The van der Waals surface area contributed by atoms with E-state index < -0.39 is 6.10 Å².